The molecule has 144 valence electrons. The zero-order valence-corrected chi connectivity index (χ0v) is 14.8. The van der Waals surface area contributed by atoms with Gasteiger partial charge in [-0.05, 0) is 36.8 Å². The topological polar surface area (TPSA) is 116 Å². The van der Waals surface area contributed by atoms with E-state index >= 15 is 0 Å². The van der Waals surface area contributed by atoms with Crippen LogP contribution in [0.15, 0.2) is 54.6 Å². The monoisotopic (exact) mass is 384 g/mol. The fraction of sp³-hybridized carbons (Fsp3) is 0.211. The van der Waals surface area contributed by atoms with E-state index in [0.717, 1.165) is 4.90 Å². The number of amides is 2. The van der Waals surface area contributed by atoms with Crippen molar-refractivity contribution < 1.29 is 28.8 Å². The summed E-state index contributed by atoms with van der Waals surface area (Å²) in [4.78, 5) is 48.8. The maximum atomic E-state index is 12.8. The number of carbonyl (C=O) groups excluding carboxylic acids is 3. The lowest BCUT2D eigenvalue weighted by Crippen LogP contribution is -2.45. The molecular formula is C19H16N2O7. The number of nitro groups is 1. The van der Waals surface area contributed by atoms with E-state index in [9.17, 15) is 24.5 Å². The predicted octanol–water partition coefficient (Wildman–Crippen LogP) is 2.86. The SMILES string of the molecule is CCOC(=O)[C@@H]1[C@@H](c2ccc([N+](=O)[O-])cc2)OC(=O)N1C(=O)c1ccccc1. The van der Waals surface area contributed by atoms with Crippen molar-refractivity contribution in [1.82, 2.24) is 4.90 Å². The van der Waals surface area contributed by atoms with Gasteiger partial charge < -0.3 is 9.47 Å². The summed E-state index contributed by atoms with van der Waals surface area (Å²) in [7, 11) is 0. The Labute approximate surface area is 159 Å². The van der Waals surface area contributed by atoms with Gasteiger partial charge in [0.1, 0.15) is 0 Å². The van der Waals surface area contributed by atoms with Crippen molar-refractivity contribution in [3.63, 3.8) is 0 Å². The number of imide groups is 1. The first kappa shape index (κ1) is 19.0. The molecule has 0 aliphatic carbocycles. The van der Waals surface area contributed by atoms with Crippen molar-refractivity contribution >= 4 is 23.7 Å². The minimum atomic E-state index is -1.35. The number of hydrogen-bond donors (Lipinski definition) is 0. The Morgan fingerprint density at radius 1 is 1.14 bits per heavy atom. The smallest absolute Gasteiger partial charge is 0.418 e. The highest BCUT2D eigenvalue weighted by Crippen LogP contribution is 2.35. The van der Waals surface area contributed by atoms with E-state index in [1.165, 1.54) is 36.4 Å². The highest BCUT2D eigenvalue weighted by atomic mass is 16.6. The summed E-state index contributed by atoms with van der Waals surface area (Å²) >= 11 is 0. The quantitative estimate of drug-likeness (QED) is 0.442. The molecule has 0 saturated carbocycles. The molecule has 3 rings (SSSR count). The first-order chi connectivity index (χ1) is 13.4. The van der Waals surface area contributed by atoms with Gasteiger partial charge in [-0.3, -0.25) is 14.9 Å². The van der Waals surface area contributed by atoms with Crippen molar-refractivity contribution in [2.45, 2.75) is 19.1 Å². The molecule has 2 amide bonds. The van der Waals surface area contributed by atoms with Crippen LogP contribution >= 0.6 is 0 Å². The highest BCUT2D eigenvalue weighted by Gasteiger charge is 2.51. The van der Waals surface area contributed by atoms with E-state index in [0.29, 0.717) is 5.56 Å². The van der Waals surface area contributed by atoms with E-state index in [-0.39, 0.29) is 17.9 Å². The van der Waals surface area contributed by atoms with E-state index in [1.807, 2.05) is 0 Å². The maximum Gasteiger partial charge on any atom is 0.418 e. The van der Waals surface area contributed by atoms with Gasteiger partial charge in [-0.15, -0.1) is 0 Å². The minimum Gasteiger partial charge on any atom is -0.464 e. The van der Waals surface area contributed by atoms with E-state index in [4.69, 9.17) is 9.47 Å². The largest absolute Gasteiger partial charge is 0.464 e. The number of ether oxygens (including phenoxy) is 2. The van der Waals surface area contributed by atoms with Crippen LogP contribution in [-0.2, 0) is 14.3 Å². The molecule has 0 spiro atoms. The van der Waals surface area contributed by atoms with Crippen LogP contribution in [0.25, 0.3) is 0 Å². The summed E-state index contributed by atoms with van der Waals surface area (Å²) in [6.45, 7) is 1.64. The molecule has 2 aromatic rings. The Morgan fingerprint density at radius 3 is 2.36 bits per heavy atom. The van der Waals surface area contributed by atoms with Crippen LogP contribution in [-0.4, -0.2) is 40.4 Å². The van der Waals surface area contributed by atoms with Crippen molar-refractivity contribution in [2.24, 2.45) is 0 Å². The van der Waals surface area contributed by atoms with Gasteiger partial charge in [-0.1, -0.05) is 18.2 Å². The van der Waals surface area contributed by atoms with Crippen molar-refractivity contribution in [3.05, 3.63) is 75.8 Å². The molecule has 1 saturated heterocycles. The third-order valence-corrected chi connectivity index (χ3v) is 4.19. The van der Waals surface area contributed by atoms with Gasteiger partial charge in [0.25, 0.3) is 11.6 Å². The first-order valence-electron chi connectivity index (χ1n) is 8.44. The molecule has 9 heteroatoms. The standard InChI is InChI=1S/C19H16N2O7/c1-2-27-18(23)15-16(12-8-10-14(11-9-12)21(25)26)28-19(24)20(15)17(22)13-6-4-3-5-7-13/h3-11,15-16H,2H2,1H3/t15-,16+/m0/s1. The lowest BCUT2D eigenvalue weighted by Gasteiger charge is -2.21. The number of hydrogen-bond acceptors (Lipinski definition) is 7. The molecule has 0 N–H and O–H groups in total. The fourth-order valence-electron chi connectivity index (χ4n) is 2.90. The average molecular weight is 384 g/mol. The number of nitro benzene ring substituents is 1. The lowest BCUT2D eigenvalue weighted by atomic mass is 10.0. The Balaban J connectivity index is 1.98. The second kappa shape index (κ2) is 7.87. The molecule has 0 unspecified atom stereocenters. The maximum absolute atomic E-state index is 12.8. The van der Waals surface area contributed by atoms with Crippen LogP contribution in [0.5, 0.6) is 0 Å². The zero-order valence-electron chi connectivity index (χ0n) is 14.8. The van der Waals surface area contributed by atoms with Gasteiger partial charge >= 0.3 is 12.1 Å². The minimum absolute atomic E-state index is 0.0455. The molecule has 2 aromatic carbocycles. The summed E-state index contributed by atoms with van der Waals surface area (Å²) in [6, 6.07) is 11.8. The molecule has 0 aromatic heterocycles. The summed E-state index contributed by atoms with van der Waals surface area (Å²) in [5.41, 5.74) is 0.386. The Kier molecular flexibility index (Phi) is 5.35. The summed E-state index contributed by atoms with van der Waals surface area (Å²) in [6.07, 6.45) is -2.13. The zero-order chi connectivity index (χ0) is 20.3. The van der Waals surface area contributed by atoms with E-state index < -0.39 is 35.0 Å². The molecule has 2 atom stereocenters. The Bertz CT molecular complexity index is 912. The van der Waals surface area contributed by atoms with Gasteiger partial charge in [0.05, 0.1) is 11.5 Å². The van der Waals surface area contributed by atoms with Crippen molar-refractivity contribution in [3.8, 4) is 0 Å². The van der Waals surface area contributed by atoms with Gasteiger partial charge in [-0.2, -0.15) is 0 Å². The summed E-state index contributed by atoms with van der Waals surface area (Å²) < 4.78 is 10.3. The van der Waals surface area contributed by atoms with E-state index in [2.05, 4.69) is 0 Å². The first-order valence-corrected chi connectivity index (χ1v) is 8.44. The van der Waals surface area contributed by atoms with E-state index in [1.54, 1.807) is 25.1 Å². The Hall–Kier alpha value is -3.75. The molecule has 1 heterocycles. The second-order valence-corrected chi connectivity index (χ2v) is 5.89. The third-order valence-electron chi connectivity index (χ3n) is 4.19. The van der Waals surface area contributed by atoms with Gasteiger partial charge in [0, 0.05) is 17.7 Å². The molecular weight excluding hydrogens is 368 g/mol. The van der Waals surface area contributed by atoms with Crippen LogP contribution in [0.4, 0.5) is 10.5 Å². The molecule has 0 bridgehead atoms. The molecule has 9 nitrogen and oxygen atoms in total. The number of carbonyl (C=O) groups is 3. The van der Waals surface area contributed by atoms with Gasteiger partial charge in [0.2, 0.25) is 0 Å². The van der Waals surface area contributed by atoms with Gasteiger partial charge in [-0.25, -0.2) is 14.5 Å². The van der Waals surface area contributed by atoms with Crippen molar-refractivity contribution in [1.29, 1.82) is 0 Å². The normalized spacial score (nSPS) is 18.5. The van der Waals surface area contributed by atoms with Crippen LogP contribution in [0.1, 0.15) is 28.9 Å². The van der Waals surface area contributed by atoms with Crippen LogP contribution in [0.3, 0.4) is 0 Å². The number of cyclic esters (lactones) is 1. The lowest BCUT2D eigenvalue weighted by molar-refractivity contribution is -0.384. The molecule has 0 radical (unpaired) electrons. The summed E-state index contributed by atoms with van der Waals surface area (Å²) in [5, 5.41) is 10.8. The summed E-state index contributed by atoms with van der Waals surface area (Å²) in [5.74, 6) is -1.51. The molecule has 28 heavy (non-hydrogen) atoms. The second-order valence-electron chi connectivity index (χ2n) is 5.89. The fourth-order valence-corrected chi connectivity index (χ4v) is 2.90. The molecule has 1 fully saturated rings. The predicted molar refractivity (Wildman–Crippen MR) is 95.4 cm³/mol. The average Bonchev–Trinajstić information content (AvgIpc) is 3.05. The Morgan fingerprint density at radius 2 is 1.79 bits per heavy atom. The third kappa shape index (κ3) is 3.54. The number of non-ortho nitro benzene ring substituents is 1. The van der Waals surface area contributed by atoms with Crippen LogP contribution in [0, 0.1) is 10.1 Å². The number of nitrogens with zero attached hydrogens (tertiary/aromatic N) is 2. The molecule has 1 aliphatic heterocycles. The van der Waals surface area contributed by atoms with Gasteiger partial charge in [0.15, 0.2) is 12.1 Å². The van der Waals surface area contributed by atoms with Crippen LogP contribution in [0.2, 0.25) is 0 Å². The van der Waals surface area contributed by atoms with Crippen LogP contribution < -0.4 is 0 Å². The number of rotatable bonds is 5. The number of esters is 1. The highest BCUT2D eigenvalue weighted by molar-refractivity contribution is 6.07. The number of benzene rings is 2. The van der Waals surface area contributed by atoms with Crippen molar-refractivity contribution in [2.75, 3.05) is 6.61 Å². The molecule has 1 aliphatic rings.